The van der Waals surface area contributed by atoms with E-state index < -0.39 is 0 Å². The number of rotatable bonds is 1. The van der Waals surface area contributed by atoms with E-state index in [1.807, 2.05) is 30.3 Å². The number of hydrogen-bond acceptors (Lipinski definition) is 4. The first-order valence-corrected chi connectivity index (χ1v) is 5.61. The van der Waals surface area contributed by atoms with Gasteiger partial charge >= 0.3 is 0 Å². The molecule has 0 unspecified atom stereocenters. The van der Waals surface area contributed by atoms with Crippen molar-refractivity contribution in [1.82, 2.24) is 9.97 Å². The molecule has 3 rings (SSSR count). The Balaban J connectivity index is 2.16. The van der Waals surface area contributed by atoms with Crippen LogP contribution in [0.3, 0.4) is 0 Å². The largest absolute Gasteiger partial charge is 0.394 e. The van der Waals surface area contributed by atoms with Crippen molar-refractivity contribution >= 4 is 22.3 Å². The maximum Gasteiger partial charge on any atom is 0.161 e. The fraction of sp³-hybridized carbons (Fsp3) is 0. The summed E-state index contributed by atoms with van der Waals surface area (Å²) in [7, 11) is 0. The Morgan fingerprint density at radius 2 is 1.67 bits per heavy atom. The molecule has 18 heavy (non-hydrogen) atoms. The van der Waals surface area contributed by atoms with Crippen molar-refractivity contribution in [3.8, 4) is 11.4 Å². The van der Waals surface area contributed by atoms with Crippen molar-refractivity contribution in [3.63, 3.8) is 0 Å². The van der Waals surface area contributed by atoms with Gasteiger partial charge in [-0.2, -0.15) is 0 Å². The molecule has 0 spiro atoms. The second-order valence-corrected chi connectivity index (χ2v) is 4.10. The van der Waals surface area contributed by atoms with Gasteiger partial charge in [0, 0.05) is 5.56 Å². The predicted octanol–water partition coefficient (Wildman–Crippen LogP) is 2.46. The Morgan fingerprint density at radius 3 is 2.44 bits per heavy atom. The molecule has 0 fully saturated rings. The van der Waals surface area contributed by atoms with Gasteiger partial charge in [0.05, 0.1) is 11.9 Å². The number of anilines is 2. The molecule has 1 aromatic heterocycles. The lowest BCUT2D eigenvalue weighted by Gasteiger charge is -2.04. The van der Waals surface area contributed by atoms with Gasteiger partial charge in [-0.25, -0.2) is 9.97 Å². The molecule has 4 N–H and O–H groups in total. The number of nitrogens with two attached hydrogens (primary N) is 2. The Kier molecular flexibility index (Phi) is 2.34. The molecule has 0 aliphatic heterocycles. The zero-order valence-electron chi connectivity index (χ0n) is 9.67. The monoisotopic (exact) mass is 236 g/mol. The van der Waals surface area contributed by atoms with E-state index in [-0.39, 0.29) is 0 Å². The second kappa shape index (κ2) is 4.00. The van der Waals surface area contributed by atoms with Crippen molar-refractivity contribution in [3.05, 3.63) is 48.7 Å². The fourth-order valence-electron chi connectivity index (χ4n) is 1.87. The molecule has 3 aromatic rings. The highest BCUT2D eigenvalue weighted by Crippen LogP contribution is 2.23. The summed E-state index contributed by atoms with van der Waals surface area (Å²) >= 11 is 0. The topological polar surface area (TPSA) is 77.8 Å². The van der Waals surface area contributed by atoms with E-state index in [9.17, 15) is 0 Å². The summed E-state index contributed by atoms with van der Waals surface area (Å²) in [5.74, 6) is 0.903. The molecule has 0 aliphatic carbocycles. The third-order valence-electron chi connectivity index (χ3n) is 2.86. The molecule has 0 bridgehead atoms. The lowest BCUT2D eigenvalue weighted by atomic mass is 10.1. The summed E-state index contributed by atoms with van der Waals surface area (Å²) in [6, 6.07) is 14.2. The number of nitrogen functional groups attached to an aromatic ring is 2. The van der Waals surface area contributed by atoms with Crippen LogP contribution in [-0.2, 0) is 0 Å². The minimum atomic E-state index is 0.313. The van der Waals surface area contributed by atoms with E-state index in [0.29, 0.717) is 17.3 Å². The van der Waals surface area contributed by atoms with Crippen LogP contribution in [0.5, 0.6) is 0 Å². The van der Waals surface area contributed by atoms with Gasteiger partial charge in [0.15, 0.2) is 11.6 Å². The third-order valence-corrected chi connectivity index (χ3v) is 2.86. The van der Waals surface area contributed by atoms with Gasteiger partial charge in [-0.3, -0.25) is 0 Å². The van der Waals surface area contributed by atoms with Gasteiger partial charge in [0.1, 0.15) is 0 Å². The molecule has 0 aliphatic rings. The molecule has 4 heteroatoms. The van der Waals surface area contributed by atoms with Crippen molar-refractivity contribution in [2.45, 2.75) is 0 Å². The van der Waals surface area contributed by atoms with Crippen molar-refractivity contribution in [1.29, 1.82) is 0 Å². The highest BCUT2D eigenvalue weighted by Gasteiger charge is 2.04. The number of aromatic nitrogens is 2. The van der Waals surface area contributed by atoms with E-state index in [1.165, 1.54) is 11.6 Å². The molecular weight excluding hydrogens is 224 g/mol. The molecule has 2 aromatic carbocycles. The van der Waals surface area contributed by atoms with E-state index in [4.69, 9.17) is 11.5 Å². The zero-order chi connectivity index (χ0) is 12.5. The van der Waals surface area contributed by atoms with E-state index in [0.717, 1.165) is 10.9 Å². The number of fused-ring (bicyclic) bond motifs is 1. The fourth-order valence-corrected chi connectivity index (χ4v) is 1.87. The van der Waals surface area contributed by atoms with Crippen molar-refractivity contribution < 1.29 is 0 Å². The van der Waals surface area contributed by atoms with Crippen LogP contribution in [0, 0.1) is 0 Å². The Hall–Kier alpha value is -2.62. The van der Waals surface area contributed by atoms with Gasteiger partial charge in [-0.15, -0.1) is 0 Å². The maximum absolute atomic E-state index is 5.69. The zero-order valence-corrected chi connectivity index (χ0v) is 9.67. The summed E-state index contributed by atoms with van der Waals surface area (Å²) in [6.07, 6.45) is 1.53. The molecule has 0 amide bonds. The lowest BCUT2D eigenvalue weighted by Crippen LogP contribution is -2.00. The van der Waals surface area contributed by atoms with Crippen LogP contribution in [0.2, 0.25) is 0 Å². The average molecular weight is 236 g/mol. The van der Waals surface area contributed by atoms with Crippen LogP contribution in [0.4, 0.5) is 11.5 Å². The van der Waals surface area contributed by atoms with E-state index >= 15 is 0 Å². The van der Waals surface area contributed by atoms with Crippen LogP contribution in [0.25, 0.3) is 22.2 Å². The molecular formula is C14H12N4. The average Bonchev–Trinajstić information content (AvgIpc) is 2.41. The molecule has 0 saturated heterocycles. The maximum atomic E-state index is 5.69. The molecule has 88 valence electrons. The molecule has 1 heterocycles. The lowest BCUT2D eigenvalue weighted by molar-refractivity contribution is 1.19. The van der Waals surface area contributed by atoms with Crippen molar-refractivity contribution in [2.75, 3.05) is 11.5 Å². The SMILES string of the molecule is Nc1cnc(-c2ccc3ccccc3c2)nc1N. The minimum Gasteiger partial charge on any atom is -0.394 e. The third kappa shape index (κ3) is 1.73. The van der Waals surface area contributed by atoms with E-state index in [2.05, 4.69) is 22.1 Å². The predicted molar refractivity (Wildman–Crippen MR) is 73.8 cm³/mol. The van der Waals surface area contributed by atoms with Gasteiger partial charge in [0.25, 0.3) is 0 Å². The number of hydrogen-bond donors (Lipinski definition) is 2. The summed E-state index contributed by atoms with van der Waals surface area (Å²) in [5.41, 5.74) is 12.6. The first-order valence-electron chi connectivity index (χ1n) is 5.61. The van der Waals surface area contributed by atoms with Crippen LogP contribution < -0.4 is 11.5 Å². The molecule has 0 atom stereocenters. The van der Waals surface area contributed by atoms with E-state index in [1.54, 1.807) is 0 Å². The van der Waals surface area contributed by atoms with Gasteiger partial charge in [0.2, 0.25) is 0 Å². The van der Waals surface area contributed by atoms with Crippen LogP contribution in [0.1, 0.15) is 0 Å². The molecule has 0 radical (unpaired) electrons. The van der Waals surface area contributed by atoms with Gasteiger partial charge in [-0.05, 0) is 16.8 Å². The minimum absolute atomic E-state index is 0.313. The second-order valence-electron chi connectivity index (χ2n) is 4.10. The Bertz CT molecular complexity index is 722. The van der Waals surface area contributed by atoms with Crippen LogP contribution in [-0.4, -0.2) is 9.97 Å². The highest BCUT2D eigenvalue weighted by molar-refractivity contribution is 5.86. The van der Waals surface area contributed by atoms with Gasteiger partial charge in [-0.1, -0.05) is 36.4 Å². The number of nitrogens with zero attached hydrogens (tertiary/aromatic N) is 2. The first kappa shape index (κ1) is 10.5. The molecule has 0 saturated carbocycles. The Labute approximate surface area is 104 Å². The Morgan fingerprint density at radius 1 is 0.889 bits per heavy atom. The smallest absolute Gasteiger partial charge is 0.161 e. The highest BCUT2D eigenvalue weighted by atomic mass is 15.0. The number of benzene rings is 2. The summed E-state index contributed by atoms with van der Waals surface area (Å²) in [5, 5.41) is 2.33. The standard InChI is InChI=1S/C14H12N4/c15-12-8-17-14(18-13(12)16)11-6-5-9-3-1-2-4-10(9)7-11/h1-8H,15H2,(H2,16,17,18). The summed E-state index contributed by atoms with van der Waals surface area (Å²) in [6.45, 7) is 0. The molecule has 4 nitrogen and oxygen atoms in total. The quantitative estimate of drug-likeness (QED) is 0.680. The van der Waals surface area contributed by atoms with Crippen LogP contribution >= 0.6 is 0 Å². The van der Waals surface area contributed by atoms with Crippen LogP contribution in [0.15, 0.2) is 48.7 Å². The normalized spacial score (nSPS) is 10.7. The summed E-state index contributed by atoms with van der Waals surface area (Å²) < 4.78 is 0. The van der Waals surface area contributed by atoms with Gasteiger partial charge < -0.3 is 11.5 Å². The summed E-state index contributed by atoms with van der Waals surface area (Å²) in [4.78, 5) is 8.39. The first-order chi connectivity index (χ1) is 8.74. The van der Waals surface area contributed by atoms with Crippen molar-refractivity contribution in [2.24, 2.45) is 0 Å².